The average molecular weight is 556 g/mol. The van der Waals surface area contributed by atoms with Gasteiger partial charge in [-0.25, -0.2) is 9.82 Å². The molecule has 9 heteroatoms. The maximum absolute atomic E-state index is 13.1. The van der Waals surface area contributed by atoms with Crippen molar-refractivity contribution in [3.05, 3.63) is 93.7 Å². The lowest BCUT2D eigenvalue weighted by Gasteiger charge is -2.20. The fourth-order valence-corrected chi connectivity index (χ4v) is 3.49. The number of rotatable bonds is 10. The van der Waals surface area contributed by atoms with Gasteiger partial charge >= 0.3 is 0 Å². The Morgan fingerprint density at radius 3 is 2.36 bits per heavy atom. The number of halogens is 2. The van der Waals surface area contributed by atoms with Crippen molar-refractivity contribution in [2.45, 2.75) is 26.5 Å². The fourth-order valence-electron chi connectivity index (χ4n) is 3.23. The molecule has 0 fully saturated rings. The van der Waals surface area contributed by atoms with Crippen LogP contribution in [0.1, 0.15) is 35.3 Å². The quantitative estimate of drug-likeness (QED) is 0.269. The molecule has 2 N–H and O–H groups in total. The van der Waals surface area contributed by atoms with E-state index < -0.39 is 23.7 Å². The highest BCUT2D eigenvalue weighted by molar-refractivity contribution is 9.10. The molecule has 0 heterocycles. The molecule has 1 unspecified atom stereocenters. The molecule has 0 saturated heterocycles. The molecule has 0 bridgehead atoms. The first-order valence-corrected chi connectivity index (χ1v) is 12.0. The minimum absolute atomic E-state index is 0.202. The van der Waals surface area contributed by atoms with Gasteiger partial charge in [0.2, 0.25) is 0 Å². The van der Waals surface area contributed by atoms with Gasteiger partial charge in [0.15, 0.2) is 11.5 Å². The second-order valence-corrected chi connectivity index (χ2v) is 9.18. The maximum atomic E-state index is 13.1. The summed E-state index contributed by atoms with van der Waals surface area (Å²) < 4.78 is 25.4. The van der Waals surface area contributed by atoms with E-state index in [1.54, 1.807) is 39.2 Å². The van der Waals surface area contributed by atoms with Gasteiger partial charge in [0.1, 0.15) is 18.5 Å². The van der Waals surface area contributed by atoms with Gasteiger partial charge in [-0.3, -0.25) is 9.59 Å². The molecule has 36 heavy (non-hydrogen) atoms. The van der Waals surface area contributed by atoms with E-state index in [0.717, 1.165) is 10.0 Å². The van der Waals surface area contributed by atoms with Crippen molar-refractivity contribution < 1.29 is 23.5 Å². The van der Waals surface area contributed by atoms with Crippen molar-refractivity contribution in [3.63, 3.8) is 0 Å². The van der Waals surface area contributed by atoms with Gasteiger partial charge in [0.05, 0.1) is 13.3 Å². The van der Waals surface area contributed by atoms with Crippen LogP contribution >= 0.6 is 15.9 Å². The predicted octanol–water partition coefficient (Wildman–Crippen LogP) is 5.08. The summed E-state index contributed by atoms with van der Waals surface area (Å²) in [5.74, 6) is -0.500. The van der Waals surface area contributed by atoms with Gasteiger partial charge in [-0.1, -0.05) is 41.9 Å². The number of nitrogens with zero attached hydrogens (tertiary/aromatic N) is 1. The number of amides is 2. The molecule has 0 radical (unpaired) electrons. The average Bonchev–Trinajstić information content (AvgIpc) is 2.87. The minimum atomic E-state index is -0.830. The van der Waals surface area contributed by atoms with Crippen molar-refractivity contribution in [2.24, 2.45) is 11.0 Å². The number of hydrogen-bond acceptors (Lipinski definition) is 5. The zero-order valence-electron chi connectivity index (χ0n) is 20.1. The molecule has 0 aliphatic carbocycles. The molecule has 3 aromatic carbocycles. The highest BCUT2D eigenvalue weighted by Gasteiger charge is 2.24. The van der Waals surface area contributed by atoms with E-state index in [2.05, 4.69) is 31.8 Å². The smallest absolute Gasteiger partial charge is 0.262 e. The molecule has 188 valence electrons. The van der Waals surface area contributed by atoms with E-state index in [0.29, 0.717) is 23.7 Å². The summed E-state index contributed by atoms with van der Waals surface area (Å²) in [6.07, 6.45) is 1.47. The van der Waals surface area contributed by atoms with Crippen LogP contribution in [0.25, 0.3) is 0 Å². The van der Waals surface area contributed by atoms with E-state index >= 15 is 0 Å². The molecule has 2 amide bonds. The zero-order chi connectivity index (χ0) is 26.1. The lowest BCUT2D eigenvalue weighted by molar-refractivity contribution is -0.123. The van der Waals surface area contributed by atoms with Crippen LogP contribution in [0.3, 0.4) is 0 Å². The number of hydrazone groups is 1. The fraction of sp³-hybridized carbons (Fsp3) is 0.222. The van der Waals surface area contributed by atoms with Crippen molar-refractivity contribution in [1.29, 1.82) is 0 Å². The number of carbonyl (C=O) groups excluding carboxylic acids is 2. The molecule has 0 saturated carbocycles. The second-order valence-electron chi connectivity index (χ2n) is 8.26. The lowest BCUT2D eigenvalue weighted by atomic mass is 10.0. The van der Waals surface area contributed by atoms with E-state index in [9.17, 15) is 14.0 Å². The van der Waals surface area contributed by atoms with E-state index in [4.69, 9.17) is 9.47 Å². The first kappa shape index (κ1) is 26.9. The van der Waals surface area contributed by atoms with Gasteiger partial charge in [0.25, 0.3) is 11.8 Å². The summed E-state index contributed by atoms with van der Waals surface area (Å²) in [5.41, 5.74) is 4.41. The largest absolute Gasteiger partial charge is 0.493 e. The molecule has 1 atom stereocenters. The lowest BCUT2D eigenvalue weighted by Crippen LogP contribution is -2.48. The topological polar surface area (TPSA) is 89.0 Å². The summed E-state index contributed by atoms with van der Waals surface area (Å²) in [4.78, 5) is 25.1. The van der Waals surface area contributed by atoms with Gasteiger partial charge in [-0.15, -0.1) is 0 Å². The molecule has 3 rings (SSSR count). The van der Waals surface area contributed by atoms with Crippen LogP contribution in [0.4, 0.5) is 4.39 Å². The summed E-state index contributed by atoms with van der Waals surface area (Å²) >= 11 is 3.41. The van der Waals surface area contributed by atoms with Gasteiger partial charge in [0, 0.05) is 10.0 Å². The molecule has 3 aromatic rings. The predicted molar refractivity (Wildman–Crippen MR) is 140 cm³/mol. The summed E-state index contributed by atoms with van der Waals surface area (Å²) in [6.45, 7) is 3.99. The highest BCUT2D eigenvalue weighted by Crippen LogP contribution is 2.28. The highest BCUT2D eigenvalue weighted by atomic mass is 79.9. The Morgan fingerprint density at radius 2 is 1.72 bits per heavy atom. The summed E-state index contributed by atoms with van der Waals surface area (Å²) in [7, 11) is 1.54. The number of hydrogen-bond donors (Lipinski definition) is 2. The van der Waals surface area contributed by atoms with Crippen LogP contribution in [-0.2, 0) is 11.4 Å². The van der Waals surface area contributed by atoms with E-state index in [-0.39, 0.29) is 11.5 Å². The normalized spacial score (nSPS) is 11.8. The number of ether oxygens (including phenoxy) is 2. The third kappa shape index (κ3) is 7.64. The standard InChI is InChI=1S/C27H27BrFN3O4/c1-17(2)25(31-26(33)20-7-11-22(29)12-8-20)27(34)32-30-15-19-6-13-23(24(14-19)35-3)36-16-18-4-9-21(28)10-5-18/h4-15,17,25H,16H2,1-3H3,(H,31,33)(H,32,34). The Labute approximate surface area is 217 Å². The Hall–Kier alpha value is -3.72. The van der Waals surface area contributed by atoms with Crippen molar-refractivity contribution in [3.8, 4) is 11.5 Å². The zero-order valence-corrected chi connectivity index (χ0v) is 21.7. The first-order valence-electron chi connectivity index (χ1n) is 11.2. The van der Waals surface area contributed by atoms with E-state index in [1.165, 1.54) is 30.5 Å². The minimum Gasteiger partial charge on any atom is -0.493 e. The Balaban J connectivity index is 1.60. The van der Waals surface area contributed by atoms with Crippen molar-refractivity contribution >= 4 is 34.0 Å². The molecule has 0 aromatic heterocycles. The molecule has 0 aliphatic rings. The molecular weight excluding hydrogens is 529 g/mol. The molecule has 7 nitrogen and oxygen atoms in total. The van der Waals surface area contributed by atoms with E-state index in [1.807, 2.05) is 24.3 Å². The second kappa shape index (κ2) is 12.8. The molecule has 0 aliphatic heterocycles. The third-order valence-corrected chi connectivity index (χ3v) is 5.75. The van der Waals surface area contributed by atoms with Crippen LogP contribution < -0.4 is 20.2 Å². The summed E-state index contributed by atoms with van der Waals surface area (Å²) in [6, 6.07) is 17.4. The van der Waals surface area contributed by atoms with Gasteiger partial charge in [-0.05, 0) is 71.6 Å². The van der Waals surface area contributed by atoms with Crippen LogP contribution in [0.5, 0.6) is 11.5 Å². The first-order chi connectivity index (χ1) is 17.3. The number of methoxy groups -OCH3 is 1. The molecule has 0 spiro atoms. The molecular formula is C27H27BrFN3O4. The number of nitrogens with one attached hydrogen (secondary N) is 2. The van der Waals surface area contributed by atoms with Crippen LogP contribution in [-0.4, -0.2) is 31.2 Å². The van der Waals surface area contributed by atoms with Crippen LogP contribution in [0.15, 0.2) is 76.3 Å². The number of benzene rings is 3. The summed E-state index contributed by atoms with van der Waals surface area (Å²) in [5, 5.41) is 6.69. The van der Waals surface area contributed by atoms with Gasteiger partial charge < -0.3 is 14.8 Å². The van der Waals surface area contributed by atoms with Crippen molar-refractivity contribution in [1.82, 2.24) is 10.7 Å². The van der Waals surface area contributed by atoms with Gasteiger partial charge in [-0.2, -0.15) is 5.10 Å². The van der Waals surface area contributed by atoms with Crippen LogP contribution in [0.2, 0.25) is 0 Å². The Morgan fingerprint density at radius 1 is 1.03 bits per heavy atom. The SMILES string of the molecule is COc1cc(C=NNC(=O)C(NC(=O)c2ccc(F)cc2)C(C)C)ccc1OCc1ccc(Br)cc1. The van der Waals surface area contributed by atoms with Crippen molar-refractivity contribution in [2.75, 3.05) is 7.11 Å². The monoisotopic (exact) mass is 555 g/mol. The Bertz CT molecular complexity index is 1210. The van der Waals surface area contributed by atoms with Crippen LogP contribution in [0, 0.1) is 11.7 Å². The Kier molecular flexibility index (Phi) is 9.58. The maximum Gasteiger partial charge on any atom is 0.262 e. The third-order valence-electron chi connectivity index (χ3n) is 5.23. The number of carbonyl (C=O) groups is 2.